The molecule has 6 unspecified atom stereocenters. The highest BCUT2D eigenvalue weighted by Crippen LogP contribution is 2.42. The number of hydrogen-bond acceptors (Lipinski definition) is 15. The number of cyclic esters (lactones) is 1. The van der Waals surface area contributed by atoms with Crippen molar-refractivity contribution < 1.29 is 73.2 Å². The summed E-state index contributed by atoms with van der Waals surface area (Å²) in [5.41, 5.74) is 5.04. The maximum absolute atomic E-state index is 13.3. The van der Waals surface area contributed by atoms with E-state index in [1.165, 1.54) is 7.11 Å². The van der Waals surface area contributed by atoms with Gasteiger partial charge in [0.05, 0.1) is 0 Å². The molecule has 68 heavy (non-hydrogen) atoms. The molecule has 1 aliphatic heterocycles. The van der Waals surface area contributed by atoms with Gasteiger partial charge in [0.25, 0.3) is 0 Å². The Morgan fingerprint density at radius 2 is 1.10 bits per heavy atom. The molecule has 0 aromatic carbocycles. The molecule has 1 heterocycles. The number of aldehydes is 1. The fourth-order valence-electron chi connectivity index (χ4n) is 7.61. The van der Waals surface area contributed by atoms with Crippen LogP contribution in [0.4, 0.5) is 0 Å². The molecule has 366 valence electrons. The molecule has 0 amide bonds. The van der Waals surface area contributed by atoms with Gasteiger partial charge < -0.3 is 44.5 Å². The zero-order valence-electron chi connectivity index (χ0n) is 40.4. The van der Waals surface area contributed by atoms with Crippen molar-refractivity contribution in [2.24, 2.45) is 10.8 Å². The lowest BCUT2D eigenvalue weighted by Gasteiger charge is -2.36. The average molecular weight is 941 g/mol. The summed E-state index contributed by atoms with van der Waals surface area (Å²) in [6.07, 6.45) is 18.7. The van der Waals surface area contributed by atoms with Crippen LogP contribution in [0.5, 0.6) is 0 Å². The number of allylic oxidation sites excluding steroid dienone is 21. The Hall–Kier alpha value is -6.68. The van der Waals surface area contributed by atoms with Crippen molar-refractivity contribution in [2.75, 3.05) is 7.11 Å². The first-order chi connectivity index (χ1) is 31.8. The molecular formula is C53H64O15. The molecule has 0 saturated carbocycles. The fourth-order valence-corrected chi connectivity index (χ4v) is 7.61. The molecule has 0 bridgehead atoms. The van der Waals surface area contributed by atoms with Gasteiger partial charge in [-0.05, 0) is 80.7 Å². The quantitative estimate of drug-likeness (QED) is 0.0209. The lowest BCUT2D eigenvalue weighted by molar-refractivity contribution is -0.172. The smallest absolute Gasteiger partial charge is 0.378 e. The van der Waals surface area contributed by atoms with Crippen LogP contribution in [0.2, 0.25) is 0 Å². The summed E-state index contributed by atoms with van der Waals surface area (Å²) in [6.45, 7) is 18.7. The van der Waals surface area contributed by atoms with Crippen LogP contribution in [-0.4, -0.2) is 105 Å². The van der Waals surface area contributed by atoms with E-state index < -0.39 is 94.2 Å². The van der Waals surface area contributed by atoms with E-state index in [0.29, 0.717) is 11.1 Å². The number of hydrogen-bond donors (Lipinski definition) is 5. The van der Waals surface area contributed by atoms with Gasteiger partial charge in [0.2, 0.25) is 5.76 Å². The van der Waals surface area contributed by atoms with Gasteiger partial charge in [-0.1, -0.05) is 135 Å². The molecule has 0 fully saturated rings. The first kappa shape index (κ1) is 55.6. The Bertz CT molecular complexity index is 2410. The van der Waals surface area contributed by atoms with Gasteiger partial charge in [0.1, 0.15) is 6.10 Å². The van der Waals surface area contributed by atoms with Gasteiger partial charge in [0, 0.05) is 20.0 Å². The van der Waals surface area contributed by atoms with Crippen molar-refractivity contribution in [3.63, 3.8) is 0 Å². The summed E-state index contributed by atoms with van der Waals surface area (Å²) >= 11 is 0. The van der Waals surface area contributed by atoms with Crippen molar-refractivity contribution in [2.45, 2.75) is 119 Å². The molecule has 0 radical (unpaired) electrons. The van der Waals surface area contributed by atoms with Gasteiger partial charge in [0.15, 0.2) is 59.9 Å². The van der Waals surface area contributed by atoms with E-state index in [1.54, 1.807) is 13.8 Å². The zero-order chi connectivity index (χ0) is 51.3. The molecule has 3 rings (SSSR count). The minimum Gasteiger partial charge on any atom is -0.505 e. The molecule has 0 aromatic heterocycles. The molecule has 0 aromatic rings. The lowest BCUT2D eigenvalue weighted by Crippen LogP contribution is -2.44. The number of Topliss-reactive ketones (excluding diaryl/α,β-unsaturated/α-hetero) is 2. The minimum atomic E-state index is -2.15. The first-order valence-corrected chi connectivity index (χ1v) is 21.8. The molecule has 3 aliphatic rings. The van der Waals surface area contributed by atoms with Crippen LogP contribution in [-0.2, 0) is 47.7 Å². The molecular weight excluding hydrogens is 877 g/mol. The van der Waals surface area contributed by atoms with E-state index in [4.69, 9.17) is 14.2 Å². The highest BCUT2D eigenvalue weighted by molar-refractivity contribution is 6.02. The van der Waals surface area contributed by atoms with Crippen LogP contribution in [0.3, 0.4) is 0 Å². The summed E-state index contributed by atoms with van der Waals surface area (Å²) in [4.78, 5) is 74.1. The van der Waals surface area contributed by atoms with E-state index >= 15 is 0 Å². The SMILES string of the molecule is COC(/C=C(/O)C=O)C(O)C(=O)OC1CC(C)(C)C(/C=C/C(C)=C/C=C/C(C)=C/C=C/C=C(C)/C=C/C=C(C)/C=C/C2=C(C)C(=O)C(OC(=O)C(O)C3OC(=O)C(O)=C3O)CC2(C)C)=C(C)C1=O. The maximum Gasteiger partial charge on any atom is 0.378 e. The summed E-state index contributed by atoms with van der Waals surface area (Å²) in [6, 6.07) is 0. The third-order valence-electron chi connectivity index (χ3n) is 11.5. The Morgan fingerprint density at radius 1 is 0.691 bits per heavy atom. The van der Waals surface area contributed by atoms with Crippen molar-refractivity contribution in [1.29, 1.82) is 0 Å². The second-order valence-electron chi connectivity index (χ2n) is 18.1. The lowest BCUT2D eigenvalue weighted by atomic mass is 9.71. The number of aliphatic hydroxyl groups is 5. The number of methoxy groups -OCH3 is 1. The summed E-state index contributed by atoms with van der Waals surface area (Å²) in [5.74, 6) is -7.37. The molecule has 15 heteroatoms. The summed E-state index contributed by atoms with van der Waals surface area (Å²) in [5, 5.41) is 49.5. The third-order valence-corrected chi connectivity index (χ3v) is 11.5. The standard InChI is InChI=1S/C53H64O15/c1-30(18-14-20-32(3)22-24-37-34(5)42(56)40(27-52(37,7)8)66-49(62)44(58)39(65-11)26-36(55)29-54)16-12-13-17-31(2)19-15-21-33(4)23-25-38-35(6)43(57)41(28-53(38,9)10)67-51(64)47(61)48-45(59)46(60)50(63)68-48/h12-26,29,39-41,44,47-48,55,58-61H,27-28H2,1-11H3/b13-12+,18-14+,19-15+,24-22+,25-23+,30-16+,31-17+,32-20+,33-21+,36-26+. The largest absolute Gasteiger partial charge is 0.505 e. The van der Waals surface area contributed by atoms with Crippen molar-refractivity contribution in [3.8, 4) is 0 Å². The van der Waals surface area contributed by atoms with Crippen LogP contribution in [0, 0.1) is 10.8 Å². The average Bonchev–Trinajstić information content (AvgIpc) is 3.53. The molecule has 0 spiro atoms. The fraction of sp³-hybridized carbons (Fsp3) is 0.396. The molecule has 15 nitrogen and oxygen atoms in total. The Kier molecular flexibility index (Phi) is 19.9. The van der Waals surface area contributed by atoms with Gasteiger partial charge >= 0.3 is 17.9 Å². The van der Waals surface area contributed by atoms with Crippen molar-refractivity contribution in [3.05, 3.63) is 153 Å². The van der Waals surface area contributed by atoms with E-state index in [0.717, 1.165) is 39.5 Å². The Morgan fingerprint density at radius 3 is 1.50 bits per heavy atom. The van der Waals surface area contributed by atoms with Crippen molar-refractivity contribution in [1.82, 2.24) is 0 Å². The highest BCUT2D eigenvalue weighted by Gasteiger charge is 2.46. The summed E-state index contributed by atoms with van der Waals surface area (Å²) < 4.78 is 20.3. The van der Waals surface area contributed by atoms with Gasteiger partial charge in [-0.15, -0.1) is 0 Å². The van der Waals surface area contributed by atoms with Crippen LogP contribution >= 0.6 is 0 Å². The van der Waals surface area contributed by atoms with Gasteiger partial charge in [-0.25, -0.2) is 14.4 Å². The monoisotopic (exact) mass is 940 g/mol. The third kappa shape index (κ3) is 14.9. The number of carbonyl (C=O) groups is 6. The Labute approximate surface area is 397 Å². The number of ether oxygens (including phenoxy) is 4. The Balaban J connectivity index is 1.56. The van der Waals surface area contributed by atoms with Crippen LogP contribution < -0.4 is 0 Å². The molecule has 6 atom stereocenters. The zero-order valence-corrected chi connectivity index (χ0v) is 40.4. The van der Waals surface area contributed by atoms with Gasteiger partial charge in [-0.2, -0.15) is 0 Å². The highest BCUT2D eigenvalue weighted by atomic mass is 16.6. The van der Waals surface area contributed by atoms with Gasteiger partial charge in [-0.3, -0.25) is 14.4 Å². The number of esters is 3. The van der Waals surface area contributed by atoms with Crippen LogP contribution in [0.15, 0.2) is 153 Å². The number of aliphatic hydroxyl groups excluding tert-OH is 5. The normalized spacial score (nSPS) is 23.8. The van der Waals surface area contributed by atoms with E-state index in [-0.39, 0.29) is 19.1 Å². The first-order valence-electron chi connectivity index (χ1n) is 21.8. The van der Waals surface area contributed by atoms with E-state index in [9.17, 15) is 54.3 Å². The topological polar surface area (TPSA) is 240 Å². The number of rotatable bonds is 19. The van der Waals surface area contributed by atoms with E-state index in [2.05, 4.69) is 4.74 Å². The van der Waals surface area contributed by atoms with Crippen LogP contribution in [0.1, 0.15) is 82.1 Å². The predicted octanol–water partition coefficient (Wildman–Crippen LogP) is 7.64. The summed E-state index contributed by atoms with van der Waals surface area (Å²) in [7, 11) is 1.18. The number of carbonyl (C=O) groups excluding carboxylic acids is 6. The second kappa shape index (κ2) is 24.4. The molecule has 5 N–H and O–H groups in total. The second-order valence-corrected chi connectivity index (χ2v) is 18.1. The predicted molar refractivity (Wildman–Crippen MR) is 254 cm³/mol. The minimum absolute atomic E-state index is 0.111. The van der Waals surface area contributed by atoms with E-state index in [1.807, 2.05) is 140 Å². The molecule has 2 aliphatic carbocycles. The molecule has 0 saturated heterocycles. The number of ketones is 2. The maximum atomic E-state index is 13.3. The van der Waals surface area contributed by atoms with Crippen molar-refractivity contribution >= 4 is 35.8 Å². The van der Waals surface area contributed by atoms with Crippen LogP contribution in [0.25, 0.3) is 0 Å².